The number of piperidine rings is 1. The number of amides is 1. The number of carboxylic acids is 1. The van der Waals surface area contributed by atoms with E-state index < -0.39 is 5.97 Å². The molecular formula is C15H23NO3. The summed E-state index contributed by atoms with van der Waals surface area (Å²) in [6.45, 7) is 4.04. The number of allylic oxidation sites excluding steroid dienone is 1. The molecule has 2 aliphatic rings. The highest BCUT2D eigenvalue weighted by atomic mass is 16.4. The van der Waals surface area contributed by atoms with E-state index in [1.807, 2.05) is 4.90 Å². The fourth-order valence-corrected chi connectivity index (χ4v) is 3.04. The molecule has 2 rings (SSSR count). The summed E-state index contributed by atoms with van der Waals surface area (Å²) in [6.07, 6.45) is 6.67. The van der Waals surface area contributed by atoms with Gasteiger partial charge in [0.25, 0.3) is 0 Å². The van der Waals surface area contributed by atoms with Crippen LogP contribution >= 0.6 is 0 Å². The molecule has 4 nitrogen and oxygen atoms in total. The van der Waals surface area contributed by atoms with Crippen molar-refractivity contribution in [3.63, 3.8) is 0 Å². The van der Waals surface area contributed by atoms with Crippen molar-refractivity contribution in [2.24, 2.45) is 11.8 Å². The van der Waals surface area contributed by atoms with Gasteiger partial charge < -0.3 is 10.0 Å². The van der Waals surface area contributed by atoms with Gasteiger partial charge >= 0.3 is 5.97 Å². The Morgan fingerprint density at radius 2 is 1.74 bits per heavy atom. The van der Waals surface area contributed by atoms with Crippen LogP contribution in [0.2, 0.25) is 0 Å². The quantitative estimate of drug-likeness (QED) is 0.780. The molecule has 4 heteroatoms. The number of hydrogen-bond acceptors (Lipinski definition) is 2. The number of carbonyl (C=O) groups excluding carboxylic acids is 1. The standard InChI is InChI=1S/C15H23NO3/c1-11-6-8-16(9-7-11)15(19)13-4-2-12(3-5-13)10-14(17)18/h10-11,13H,2-9H2,1H3,(H,17,18). The minimum atomic E-state index is -0.871. The van der Waals surface area contributed by atoms with Gasteiger partial charge in [-0.2, -0.15) is 0 Å². The lowest BCUT2D eigenvalue weighted by molar-refractivity contribution is -0.137. The average Bonchev–Trinajstić information content (AvgIpc) is 2.39. The molecule has 0 aromatic rings. The molecule has 1 heterocycles. The van der Waals surface area contributed by atoms with Crippen LogP contribution in [0, 0.1) is 11.8 Å². The maximum absolute atomic E-state index is 12.4. The highest BCUT2D eigenvalue weighted by Crippen LogP contribution is 2.30. The first-order valence-corrected chi connectivity index (χ1v) is 7.27. The lowest BCUT2D eigenvalue weighted by Crippen LogP contribution is -2.42. The van der Waals surface area contributed by atoms with Crippen LogP contribution in [0.4, 0.5) is 0 Å². The first-order chi connectivity index (χ1) is 9.06. The fraction of sp³-hybridized carbons (Fsp3) is 0.733. The van der Waals surface area contributed by atoms with E-state index in [0.717, 1.165) is 63.1 Å². The van der Waals surface area contributed by atoms with Gasteiger partial charge in [-0.25, -0.2) is 4.79 Å². The number of likely N-dealkylation sites (tertiary alicyclic amines) is 1. The van der Waals surface area contributed by atoms with Crippen LogP contribution in [0.5, 0.6) is 0 Å². The van der Waals surface area contributed by atoms with Gasteiger partial charge in [0.1, 0.15) is 0 Å². The van der Waals surface area contributed by atoms with Gasteiger partial charge in [0.2, 0.25) is 5.91 Å². The minimum Gasteiger partial charge on any atom is -0.478 e. The minimum absolute atomic E-state index is 0.111. The average molecular weight is 265 g/mol. The van der Waals surface area contributed by atoms with E-state index in [1.54, 1.807) is 0 Å². The molecule has 1 aliphatic carbocycles. The third kappa shape index (κ3) is 3.82. The topological polar surface area (TPSA) is 57.6 Å². The molecule has 0 aromatic carbocycles. The fourth-order valence-electron chi connectivity index (χ4n) is 3.04. The molecule has 0 atom stereocenters. The maximum atomic E-state index is 12.4. The van der Waals surface area contributed by atoms with Crippen molar-refractivity contribution in [3.05, 3.63) is 11.6 Å². The van der Waals surface area contributed by atoms with Crippen LogP contribution in [0.1, 0.15) is 45.4 Å². The van der Waals surface area contributed by atoms with E-state index >= 15 is 0 Å². The van der Waals surface area contributed by atoms with Gasteiger partial charge in [0.05, 0.1) is 0 Å². The second-order valence-electron chi connectivity index (χ2n) is 5.92. The molecule has 106 valence electrons. The first kappa shape index (κ1) is 14.1. The van der Waals surface area contributed by atoms with Crippen LogP contribution in [0.25, 0.3) is 0 Å². The van der Waals surface area contributed by atoms with Gasteiger partial charge in [-0.05, 0) is 44.4 Å². The second-order valence-corrected chi connectivity index (χ2v) is 5.92. The maximum Gasteiger partial charge on any atom is 0.328 e. The van der Waals surface area contributed by atoms with Gasteiger partial charge in [0, 0.05) is 25.1 Å². The van der Waals surface area contributed by atoms with Crippen LogP contribution in [-0.4, -0.2) is 35.0 Å². The molecule has 2 fully saturated rings. The molecule has 1 saturated heterocycles. The molecule has 1 aliphatic heterocycles. The summed E-state index contributed by atoms with van der Waals surface area (Å²) in [4.78, 5) is 25.0. The van der Waals surface area contributed by atoms with Crippen molar-refractivity contribution in [2.45, 2.75) is 45.4 Å². The molecule has 0 radical (unpaired) electrons. The molecule has 1 amide bonds. The summed E-state index contributed by atoms with van der Waals surface area (Å²) in [5.74, 6) is 0.269. The zero-order valence-corrected chi connectivity index (χ0v) is 11.6. The Balaban J connectivity index is 1.84. The van der Waals surface area contributed by atoms with E-state index in [1.165, 1.54) is 6.08 Å². The van der Waals surface area contributed by atoms with Gasteiger partial charge in [-0.1, -0.05) is 12.5 Å². The molecule has 1 N–H and O–H groups in total. The lowest BCUT2D eigenvalue weighted by atomic mass is 9.84. The summed E-state index contributed by atoms with van der Waals surface area (Å²) in [6, 6.07) is 0. The van der Waals surface area contributed by atoms with Crippen molar-refractivity contribution in [2.75, 3.05) is 13.1 Å². The Labute approximate surface area is 114 Å². The number of nitrogens with zero attached hydrogens (tertiary/aromatic N) is 1. The van der Waals surface area contributed by atoms with E-state index in [9.17, 15) is 9.59 Å². The predicted octanol–water partition coefficient (Wildman–Crippen LogP) is 2.45. The number of aliphatic carboxylic acids is 1. The third-order valence-corrected chi connectivity index (χ3v) is 4.40. The Kier molecular flexibility index (Phi) is 4.61. The van der Waals surface area contributed by atoms with Gasteiger partial charge in [-0.3, -0.25) is 4.79 Å². The molecule has 1 saturated carbocycles. The van der Waals surface area contributed by atoms with Gasteiger partial charge in [0.15, 0.2) is 0 Å². The smallest absolute Gasteiger partial charge is 0.328 e. The zero-order valence-electron chi connectivity index (χ0n) is 11.6. The number of carboxylic acid groups (broad SMARTS) is 1. The van der Waals surface area contributed by atoms with E-state index in [4.69, 9.17) is 5.11 Å². The first-order valence-electron chi connectivity index (χ1n) is 7.27. The number of carbonyl (C=O) groups is 2. The molecule has 0 bridgehead atoms. The molecule has 19 heavy (non-hydrogen) atoms. The SMILES string of the molecule is CC1CCN(C(=O)C2CCC(=CC(=O)O)CC2)CC1. The highest BCUT2D eigenvalue weighted by molar-refractivity contribution is 5.81. The Hall–Kier alpha value is -1.32. The van der Waals surface area contributed by atoms with Crippen LogP contribution in [0.3, 0.4) is 0 Å². The summed E-state index contributed by atoms with van der Waals surface area (Å²) in [7, 11) is 0. The Morgan fingerprint density at radius 3 is 2.26 bits per heavy atom. The van der Waals surface area contributed by atoms with Crippen molar-refractivity contribution >= 4 is 11.9 Å². The van der Waals surface area contributed by atoms with E-state index in [0.29, 0.717) is 5.91 Å². The van der Waals surface area contributed by atoms with Crippen molar-refractivity contribution < 1.29 is 14.7 Å². The Morgan fingerprint density at radius 1 is 1.16 bits per heavy atom. The zero-order chi connectivity index (χ0) is 13.8. The van der Waals surface area contributed by atoms with E-state index in [2.05, 4.69) is 6.92 Å². The highest BCUT2D eigenvalue weighted by Gasteiger charge is 2.29. The monoisotopic (exact) mass is 265 g/mol. The van der Waals surface area contributed by atoms with Crippen LogP contribution < -0.4 is 0 Å². The second kappa shape index (κ2) is 6.22. The molecule has 0 aromatic heterocycles. The van der Waals surface area contributed by atoms with Crippen molar-refractivity contribution in [1.29, 1.82) is 0 Å². The lowest BCUT2D eigenvalue weighted by Gasteiger charge is -2.34. The van der Waals surface area contributed by atoms with Crippen molar-refractivity contribution in [3.8, 4) is 0 Å². The summed E-state index contributed by atoms with van der Waals surface area (Å²) >= 11 is 0. The normalized spacial score (nSPS) is 25.2. The van der Waals surface area contributed by atoms with Crippen LogP contribution in [-0.2, 0) is 9.59 Å². The largest absolute Gasteiger partial charge is 0.478 e. The van der Waals surface area contributed by atoms with Crippen molar-refractivity contribution in [1.82, 2.24) is 4.90 Å². The molecule has 0 spiro atoms. The number of rotatable bonds is 2. The summed E-state index contributed by atoms with van der Waals surface area (Å²) in [5.41, 5.74) is 0.976. The number of hydrogen-bond donors (Lipinski definition) is 1. The molecule has 0 unspecified atom stereocenters. The van der Waals surface area contributed by atoms with Crippen LogP contribution in [0.15, 0.2) is 11.6 Å². The van der Waals surface area contributed by atoms with E-state index in [-0.39, 0.29) is 5.92 Å². The van der Waals surface area contributed by atoms with Gasteiger partial charge in [-0.15, -0.1) is 0 Å². The summed E-state index contributed by atoms with van der Waals surface area (Å²) in [5, 5.41) is 8.72. The third-order valence-electron chi connectivity index (χ3n) is 4.40. The summed E-state index contributed by atoms with van der Waals surface area (Å²) < 4.78 is 0. The molecular weight excluding hydrogens is 242 g/mol. The predicted molar refractivity (Wildman–Crippen MR) is 72.7 cm³/mol. The Bertz CT molecular complexity index is 371.